The zero-order chi connectivity index (χ0) is 11.8. The lowest BCUT2D eigenvalue weighted by atomic mass is 10.1. The topological polar surface area (TPSA) is 84.7 Å². The zero-order valence-electron chi connectivity index (χ0n) is 8.68. The van der Waals surface area contributed by atoms with Gasteiger partial charge in [-0.05, 0) is 12.1 Å². The minimum absolute atomic E-state index is 0.324. The molecule has 0 bridgehead atoms. The van der Waals surface area contributed by atoms with Crippen molar-refractivity contribution in [2.24, 2.45) is 5.73 Å². The van der Waals surface area contributed by atoms with Crippen molar-refractivity contribution >= 4 is 28.3 Å². The van der Waals surface area contributed by atoms with Gasteiger partial charge in [-0.25, -0.2) is 9.97 Å². The predicted molar refractivity (Wildman–Crippen MR) is 65.7 cm³/mol. The molecule has 0 radical (unpaired) electrons. The van der Waals surface area contributed by atoms with Crippen LogP contribution in [0.1, 0.15) is 9.80 Å². The number of aromatic nitrogens is 3. The highest BCUT2D eigenvalue weighted by Crippen LogP contribution is 2.24. The van der Waals surface area contributed by atoms with E-state index in [1.807, 2.05) is 23.6 Å². The van der Waals surface area contributed by atoms with Gasteiger partial charge in [-0.3, -0.25) is 4.79 Å². The number of thiazole rings is 1. The average molecular weight is 244 g/mol. The SMILES string of the molecule is NC(=O)c1nc(-c2ccc3nc[nH]c3c2)cs1. The van der Waals surface area contributed by atoms with E-state index in [-0.39, 0.29) is 0 Å². The molecule has 6 heteroatoms. The van der Waals surface area contributed by atoms with Crippen molar-refractivity contribution in [1.82, 2.24) is 15.0 Å². The lowest BCUT2D eigenvalue weighted by Crippen LogP contribution is -2.10. The number of primary amides is 1. The van der Waals surface area contributed by atoms with E-state index in [4.69, 9.17) is 5.73 Å². The van der Waals surface area contributed by atoms with Gasteiger partial charge in [0.1, 0.15) is 0 Å². The summed E-state index contributed by atoms with van der Waals surface area (Å²) in [6, 6.07) is 5.77. The molecule has 84 valence electrons. The summed E-state index contributed by atoms with van der Waals surface area (Å²) in [6.07, 6.45) is 1.64. The number of nitrogens with two attached hydrogens (primary N) is 1. The fourth-order valence-electron chi connectivity index (χ4n) is 1.61. The Bertz CT molecular complexity index is 700. The van der Waals surface area contributed by atoms with Crippen molar-refractivity contribution in [2.75, 3.05) is 0 Å². The van der Waals surface area contributed by atoms with Crippen LogP contribution >= 0.6 is 11.3 Å². The van der Waals surface area contributed by atoms with Crippen LogP contribution in [0.5, 0.6) is 0 Å². The number of carbonyl (C=O) groups excluding carboxylic acids is 1. The lowest BCUT2D eigenvalue weighted by Gasteiger charge is -1.96. The number of benzene rings is 1. The summed E-state index contributed by atoms with van der Waals surface area (Å²) in [6.45, 7) is 0. The molecule has 3 aromatic rings. The maximum absolute atomic E-state index is 11.0. The van der Waals surface area contributed by atoms with Crippen LogP contribution in [-0.2, 0) is 0 Å². The number of amides is 1. The molecule has 0 fully saturated rings. The van der Waals surface area contributed by atoms with Gasteiger partial charge in [0.05, 0.1) is 23.1 Å². The fourth-order valence-corrected chi connectivity index (χ4v) is 2.29. The highest BCUT2D eigenvalue weighted by Gasteiger charge is 2.09. The Labute approximate surface area is 100 Å². The molecule has 2 aromatic heterocycles. The molecule has 0 saturated heterocycles. The summed E-state index contributed by atoms with van der Waals surface area (Å²) in [5.74, 6) is -0.496. The molecule has 2 heterocycles. The summed E-state index contributed by atoms with van der Waals surface area (Å²) < 4.78 is 0. The summed E-state index contributed by atoms with van der Waals surface area (Å²) >= 11 is 1.25. The van der Waals surface area contributed by atoms with E-state index in [0.717, 1.165) is 22.3 Å². The van der Waals surface area contributed by atoms with Gasteiger partial charge >= 0.3 is 0 Å². The molecule has 0 spiro atoms. The first-order valence-corrected chi connectivity index (χ1v) is 5.81. The van der Waals surface area contributed by atoms with Gasteiger partial charge in [-0.15, -0.1) is 11.3 Å². The molecule has 1 amide bonds. The van der Waals surface area contributed by atoms with E-state index in [0.29, 0.717) is 5.01 Å². The van der Waals surface area contributed by atoms with Crippen molar-refractivity contribution in [3.05, 3.63) is 34.9 Å². The number of imidazole rings is 1. The van der Waals surface area contributed by atoms with Crippen LogP contribution in [-0.4, -0.2) is 20.9 Å². The first-order chi connectivity index (χ1) is 8.24. The molecule has 0 aliphatic heterocycles. The Balaban J connectivity index is 2.09. The molecule has 1 aromatic carbocycles. The third-order valence-electron chi connectivity index (χ3n) is 2.43. The highest BCUT2D eigenvalue weighted by molar-refractivity contribution is 7.12. The molecule has 0 saturated carbocycles. The largest absolute Gasteiger partial charge is 0.364 e. The minimum atomic E-state index is -0.496. The fraction of sp³-hybridized carbons (Fsp3) is 0. The number of nitrogens with one attached hydrogen (secondary N) is 1. The third kappa shape index (κ3) is 1.68. The van der Waals surface area contributed by atoms with Crippen LogP contribution in [0.25, 0.3) is 22.3 Å². The van der Waals surface area contributed by atoms with Crippen LogP contribution in [0.4, 0.5) is 0 Å². The summed E-state index contributed by atoms with van der Waals surface area (Å²) in [4.78, 5) is 22.3. The van der Waals surface area contributed by atoms with Crippen molar-refractivity contribution < 1.29 is 4.79 Å². The molecular formula is C11H8N4OS. The van der Waals surface area contributed by atoms with E-state index in [9.17, 15) is 4.79 Å². The molecule has 5 nitrogen and oxygen atoms in total. The molecule has 0 atom stereocenters. The predicted octanol–water partition coefficient (Wildman–Crippen LogP) is 1.79. The van der Waals surface area contributed by atoms with E-state index < -0.39 is 5.91 Å². The van der Waals surface area contributed by atoms with Crippen LogP contribution in [0.3, 0.4) is 0 Å². The van der Waals surface area contributed by atoms with Gasteiger partial charge < -0.3 is 10.7 Å². The number of fused-ring (bicyclic) bond motifs is 1. The van der Waals surface area contributed by atoms with E-state index >= 15 is 0 Å². The Hall–Kier alpha value is -2.21. The van der Waals surface area contributed by atoms with Gasteiger partial charge in [0.15, 0.2) is 5.01 Å². The summed E-state index contributed by atoms with van der Waals surface area (Å²) in [7, 11) is 0. The van der Waals surface area contributed by atoms with Crippen LogP contribution < -0.4 is 5.73 Å². The smallest absolute Gasteiger partial charge is 0.277 e. The molecule has 0 unspecified atom stereocenters. The normalized spacial score (nSPS) is 10.8. The van der Waals surface area contributed by atoms with Crippen molar-refractivity contribution in [3.63, 3.8) is 0 Å². The van der Waals surface area contributed by atoms with Gasteiger partial charge in [0.25, 0.3) is 5.91 Å². The first kappa shape index (κ1) is 9.98. The summed E-state index contributed by atoms with van der Waals surface area (Å²) in [5.41, 5.74) is 8.70. The number of aromatic amines is 1. The second-order valence-electron chi connectivity index (χ2n) is 3.54. The van der Waals surface area contributed by atoms with Crippen molar-refractivity contribution in [1.29, 1.82) is 0 Å². The van der Waals surface area contributed by atoms with E-state index in [1.54, 1.807) is 6.33 Å². The zero-order valence-corrected chi connectivity index (χ0v) is 9.49. The van der Waals surface area contributed by atoms with Crippen LogP contribution in [0, 0.1) is 0 Å². The molecule has 0 aliphatic rings. The molecule has 0 aliphatic carbocycles. The number of carbonyl (C=O) groups is 1. The quantitative estimate of drug-likeness (QED) is 0.720. The highest BCUT2D eigenvalue weighted by atomic mass is 32.1. The van der Waals surface area contributed by atoms with Crippen LogP contribution in [0.15, 0.2) is 29.9 Å². The molecule has 17 heavy (non-hydrogen) atoms. The average Bonchev–Trinajstić information content (AvgIpc) is 2.97. The number of nitrogens with zero attached hydrogens (tertiary/aromatic N) is 2. The number of H-pyrrole nitrogens is 1. The molecule has 3 N–H and O–H groups in total. The van der Waals surface area contributed by atoms with Gasteiger partial charge in [0.2, 0.25) is 0 Å². The Morgan fingerprint density at radius 3 is 3.06 bits per heavy atom. The molecular weight excluding hydrogens is 236 g/mol. The van der Waals surface area contributed by atoms with Crippen LogP contribution in [0.2, 0.25) is 0 Å². The monoisotopic (exact) mass is 244 g/mol. The van der Waals surface area contributed by atoms with Crippen molar-refractivity contribution in [2.45, 2.75) is 0 Å². The Morgan fingerprint density at radius 1 is 1.41 bits per heavy atom. The second kappa shape index (κ2) is 3.67. The Kier molecular flexibility index (Phi) is 2.15. The summed E-state index contributed by atoms with van der Waals surface area (Å²) in [5, 5.41) is 2.14. The number of hydrogen-bond acceptors (Lipinski definition) is 4. The van der Waals surface area contributed by atoms with E-state index in [2.05, 4.69) is 15.0 Å². The number of hydrogen-bond donors (Lipinski definition) is 2. The maximum atomic E-state index is 11.0. The first-order valence-electron chi connectivity index (χ1n) is 4.93. The minimum Gasteiger partial charge on any atom is -0.364 e. The van der Waals surface area contributed by atoms with Gasteiger partial charge in [-0.2, -0.15) is 0 Å². The second-order valence-corrected chi connectivity index (χ2v) is 4.39. The standard InChI is InChI=1S/C11H8N4OS/c12-10(16)11-15-9(4-17-11)6-1-2-7-8(3-6)14-5-13-7/h1-5H,(H2,12,16)(H,13,14). The third-order valence-corrected chi connectivity index (χ3v) is 3.29. The Morgan fingerprint density at radius 2 is 2.29 bits per heavy atom. The van der Waals surface area contributed by atoms with E-state index in [1.165, 1.54) is 11.3 Å². The maximum Gasteiger partial charge on any atom is 0.277 e. The number of rotatable bonds is 2. The molecule has 3 rings (SSSR count). The van der Waals surface area contributed by atoms with Gasteiger partial charge in [-0.1, -0.05) is 6.07 Å². The lowest BCUT2D eigenvalue weighted by molar-refractivity contribution is 0.1000. The van der Waals surface area contributed by atoms with Gasteiger partial charge in [0, 0.05) is 10.9 Å². The van der Waals surface area contributed by atoms with Crippen molar-refractivity contribution in [3.8, 4) is 11.3 Å².